The third-order valence-electron chi connectivity index (χ3n) is 2.85. The molecule has 0 radical (unpaired) electrons. The van der Waals surface area contributed by atoms with Crippen LogP contribution in [-0.2, 0) is 10.8 Å². The van der Waals surface area contributed by atoms with Crippen LogP contribution in [0.2, 0.25) is 0 Å². The van der Waals surface area contributed by atoms with Crippen LogP contribution in [0.25, 0.3) is 0 Å². The van der Waals surface area contributed by atoms with Gasteiger partial charge in [0, 0.05) is 33.7 Å². The summed E-state index contributed by atoms with van der Waals surface area (Å²) < 4.78 is 11.3. The van der Waals surface area contributed by atoms with Crippen LogP contribution in [0.4, 0.5) is 0 Å². The number of nitriles is 1. The Balaban J connectivity index is 2.30. The Morgan fingerprint density at radius 2 is 1.95 bits per heavy atom. The molecular weight excluding hydrogens is 272 g/mol. The molecule has 5 heteroatoms. The second-order valence-electron chi connectivity index (χ2n) is 4.16. The number of carbonyl (C=O) groups is 1. The molecule has 0 spiro atoms. The molecule has 0 amide bonds. The van der Waals surface area contributed by atoms with Crippen LogP contribution in [-0.4, -0.2) is 21.2 Å². The van der Waals surface area contributed by atoms with E-state index in [4.69, 9.17) is 0 Å². The maximum atomic E-state index is 12.3. The van der Waals surface area contributed by atoms with Gasteiger partial charge in [-0.05, 0) is 24.3 Å². The number of benzene rings is 1. The van der Waals surface area contributed by atoms with Crippen molar-refractivity contribution in [2.75, 3.05) is 6.26 Å². The van der Waals surface area contributed by atoms with Gasteiger partial charge in [-0.2, -0.15) is 5.26 Å². The number of hydrogen-bond acceptors (Lipinski definition) is 4. The van der Waals surface area contributed by atoms with Crippen molar-refractivity contribution in [1.29, 1.82) is 5.26 Å². The fourth-order valence-electron chi connectivity index (χ4n) is 1.78. The highest BCUT2D eigenvalue weighted by Gasteiger charge is 2.22. The van der Waals surface area contributed by atoms with E-state index >= 15 is 0 Å². The molecule has 0 bridgehead atoms. The molecule has 20 heavy (non-hydrogen) atoms. The van der Waals surface area contributed by atoms with Crippen molar-refractivity contribution < 1.29 is 9.00 Å². The highest BCUT2D eigenvalue weighted by Crippen LogP contribution is 2.19. The first kappa shape index (κ1) is 14.1. The highest BCUT2D eigenvalue weighted by molar-refractivity contribution is 7.84. The lowest BCUT2D eigenvalue weighted by Crippen LogP contribution is -2.12. The second kappa shape index (κ2) is 6.22. The van der Waals surface area contributed by atoms with Crippen LogP contribution in [0.15, 0.2) is 53.6 Å². The smallest absolute Gasteiger partial charge is 0.186 e. The Morgan fingerprint density at radius 3 is 2.45 bits per heavy atom. The Hall–Kier alpha value is -2.32. The zero-order valence-corrected chi connectivity index (χ0v) is 11.6. The average molecular weight is 284 g/mol. The summed E-state index contributed by atoms with van der Waals surface area (Å²) >= 11 is 0. The maximum Gasteiger partial charge on any atom is 0.186 e. The molecule has 0 saturated heterocycles. The molecule has 1 aromatic heterocycles. The van der Waals surface area contributed by atoms with Gasteiger partial charge in [0.2, 0.25) is 0 Å². The van der Waals surface area contributed by atoms with Crippen molar-refractivity contribution in [3.05, 3.63) is 59.9 Å². The summed E-state index contributed by atoms with van der Waals surface area (Å²) in [6, 6.07) is 13.6. The van der Waals surface area contributed by atoms with Crippen LogP contribution in [0.5, 0.6) is 0 Å². The lowest BCUT2D eigenvalue weighted by atomic mass is 9.95. The molecule has 0 aliphatic rings. The van der Waals surface area contributed by atoms with E-state index in [0.717, 1.165) is 0 Å². The molecule has 0 fully saturated rings. The maximum absolute atomic E-state index is 12.3. The zero-order valence-electron chi connectivity index (χ0n) is 10.8. The van der Waals surface area contributed by atoms with E-state index in [2.05, 4.69) is 4.98 Å². The Bertz CT molecular complexity index is 675. The molecule has 0 N–H and O–H groups in total. The van der Waals surface area contributed by atoms with E-state index in [0.29, 0.717) is 16.2 Å². The van der Waals surface area contributed by atoms with Gasteiger partial charge in [-0.1, -0.05) is 18.2 Å². The first-order valence-electron chi connectivity index (χ1n) is 5.91. The van der Waals surface area contributed by atoms with E-state index in [1.165, 1.54) is 0 Å². The van der Waals surface area contributed by atoms with Crippen molar-refractivity contribution in [1.82, 2.24) is 4.98 Å². The van der Waals surface area contributed by atoms with Gasteiger partial charge in [-0.15, -0.1) is 0 Å². The topological polar surface area (TPSA) is 70.8 Å². The predicted molar refractivity (Wildman–Crippen MR) is 75.7 cm³/mol. The van der Waals surface area contributed by atoms with E-state index in [9.17, 15) is 14.3 Å². The van der Waals surface area contributed by atoms with Gasteiger partial charge in [0.05, 0.1) is 11.8 Å². The molecule has 2 rings (SSSR count). The van der Waals surface area contributed by atoms with E-state index in [-0.39, 0.29) is 5.78 Å². The number of Topliss-reactive ketones (excluding diaryl/α,β-unsaturated/α-hetero) is 1. The van der Waals surface area contributed by atoms with Gasteiger partial charge in [0.1, 0.15) is 0 Å². The lowest BCUT2D eigenvalue weighted by molar-refractivity contribution is 0.0977. The SMILES string of the molecule is C[S@](=O)c1ccc(C(=O)[C@H](C#N)c2ccccn2)cc1. The van der Waals surface area contributed by atoms with E-state index in [1.54, 1.807) is 54.9 Å². The summed E-state index contributed by atoms with van der Waals surface area (Å²) in [6.45, 7) is 0. The molecule has 4 nitrogen and oxygen atoms in total. The van der Waals surface area contributed by atoms with Gasteiger partial charge in [0.25, 0.3) is 0 Å². The normalized spacial score (nSPS) is 13.2. The van der Waals surface area contributed by atoms with Gasteiger partial charge >= 0.3 is 0 Å². The summed E-state index contributed by atoms with van der Waals surface area (Å²) in [6.07, 6.45) is 3.12. The molecule has 0 unspecified atom stereocenters. The lowest BCUT2D eigenvalue weighted by Gasteiger charge is -2.07. The fraction of sp³-hybridized carbons (Fsp3) is 0.133. The number of hydrogen-bond donors (Lipinski definition) is 0. The Kier molecular flexibility index (Phi) is 4.38. The minimum absolute atomic E-state index is 0.306. The van der Waals surface area contributed by atoms with E-state index in [1.807, 2.05) is 6.07 Å². The summed E-state index contributed by atoms with van der Waals surface area (Å²) in [5, 5.41) is 9.19. The minimum atomic E-state index is -1.09. The molecule has 1 heterocycles. The van der Waals surface area contributed by atoms with E-state index < -0.39 is 16.7 Å². The molecule has 0 saturated carbocycles. The first-order chi connectivity index (χ1) is 9.63. The van der Waals surface area contributed by atoms with Crippen molar-refractivity contribution >= 4 is 16.6 Å². The average Bonchev–Trinajstić information content (AvgIpc) is 2.49. The summed E-state index contributed by atoms with van der Waals surface area (Å²) in [5.74, 6) is -1.23. The number of aromatic nitrogens is 1. The Labute approximate surface area is 119 Å². The van der Waals surface area contributed by atoms with Crippen molar-refractivity contribution in [3.8, 4) is 6.07 Å². The van der Waals surface area contributed by atoms with Crippen molar-refractivity contribution in [2.45, 2.75) is 10.8 Å². The van der Waals surface area contributed by atoms with Crippen molar-refractivity contribution in [3.63, 3.8) is 0 Å². The zero-order chi connectivity index (χ0) is 14.5. The summed E-state index contributed by atoms with van der Waals surface area (Å²) in [5.41, 5.74) is 0.847. The third kappa shape index (κ3) is 2.98. The number of nitrogens with zero attached hydrogens (tertiary/aromatic N) is 2. The number of ketones is 1. The predicted octanol–water partition coefficient (Wildman–Crippen LogP) is 2.31. The van der Waals surface area contributed by atoms with Crippen LogP contribution in [0.1, 0.15) is 22.0 Å². The summed E-state index contributed by atoms with van der Waals surface area (Å²) in [4.78, 5) is 17.0. The standard InChI is InChI=1S/C15H12N2O2S/c1-20(19)12-7-5-11(6-8-12)15(18)13(10-16)14-4-2-3-9-17-14/h2-9,13H,1H3/t13-,20+/m1/s1. The van der Waals surface area contributed by atoms with Crippen LogP contribution < -0.4 is 0 Å². The quantitative estimate of drug-likeness (QED) is 0.808. The fourth-order valence-corrected chi connectivity index (χ4v) is 2.30. The molecular formula is C15H12N2O2S. The second-order valence-corrected chi connectivity index (χ2v) is 5.54. The van der Waals surface area contributed by atoms with Crippen LogP contribution in [0.3, 0.4) is 0 Å². The first-order valence-corrected chi connectivity index (χ1v) is 7.47. The van der Waals surface area contributed by atoms with Gasteiger partial charge in [0.15, 0.2) is 11.7 Å². The molecule has 2 aromatic rings. The number of carbonyl (C=O) groups excluding carboxylic acids is 1. The molecule has 100 valence electrons. The van der Waals surface area contributed by atoms with Gasteiger partial charge < -0.3 is 0 Å². The monoisotopic (exact) mass is 284 g/mol. The molecule has 1 aromatic carbocycles. The van der Waals surface area contributed by atoms with Crippen LogP contribution in [0, 0.1) is 11.3 Å². The molecule has 0 aliphatic carbocycles. The molecule has 0 aliphatic heterocycles. The van der Waals surface area contributed by atoms with Crippen LogP contribution >= 0.6 is 0 Å². The Morgan fingerprint density at radius 1 is 1.25 bits per heavy atom. The number of rotatable bonds is 4. The van der Waals surface area contributed by atoms with Gasteiger partial charge in [-0.25, -0.2) is 0 Å². The summed E-state index contributed by atoms with van der Waals surface area (Å²) in [7, 11) is -1.09. The molecule has 2 atom stereocenters. The van der Waals surface area contributed by atoms with Gasteiger partial charge in [-0.3, -0.25) is 14.0 Å². The minimum Gasteiger partial charge on any atom is -0.292 e. The van der Waals surface area contributed by atoms with Crippen molar-refractivity contribution in [2.24, 2.45) is 0 Å². The largest absolute Gasteiger partial charge is 0.292 e. The highest BCUT2D eigenvalue weighted by atomic mass is 32.2. The number of pyridine rings is 1. The third-order valence-corrected chi connectivity index (χ3v) is 3.78.